The standard InChI is InChI=1S/C21H15ClN4O2/c1-13-5-6-17(11-18(13)22)26-21(28)19-10-15(7-8-24-19)20(27)25-16-4-2-3-14(9-16)12-23/h2-11H,1H3,(H,25,27)(H,26,28). The van der Waals surface area contributed by atoms with Crippen molar-refractivity contribution < 1.29 is 9.59 Å². The van der Waals surface area contributed by atoms with Gasteiger partial charge in [-0.1, -0.05) is 23.7 Å². The zero-order chi connectivity index (χ0) is 20.1. The number of pyridine rings is 1. The average molecular weight is 391 g/mol. The summed E-state index contributed by atoms with van der Waals surface area (Å²) < 4.78 is 0. The van der Waals surface area contributed by atoms with Crippen LogP contribution in [0.4, 0.5) is 11.4 Å². The molecule has 3 rings (SSSR count). The first kappa shape index (κ1) is 19.1. The summed E-state index contributed by atoms with van der Waals surface area (Å²) in [6.45, 7) is 1.86. The molecule has 2 N–H and O–H groups in total. The fraction of sp³-hybridized carbons (Fsp3) is 0.0476. The predicted octanol–water partition coefficient (Wildman–Crippen LogP) is 4.42. The van der Waals surface area contributed by atoms with Crippen LogP contribution in [0.3, 0.4) is 0 Å². The minimum atomic E-state index is -0.457. The van der Waals surface area contributed by atoms with E-state index in [0.29, 0.717) is 22.0 Å². The van der Waals surface area contributed by atoms with Crippen LogP contribution in [0.2, 0.25) is 5.02 Å². The molecule has 28 heavy (non-hydrogen) atoms. The molecule has 0 radical (unpaired) electrons. The lowest BCUT2D eigenvalue weighted by atomic mass is 10.1. The predicted molar refractivity (Wildman–Crippen MR) is 107 cm³/mol. The quantitative estimate of drug-likeness (QED) is 0.689. The van der Waals surface area contributed by atoms with Gasteiger partial charge in [0.15, 0.2) is 0 Å². The Morgan fingerprint density at radius 1 is 1.00 bits per heavy atom. The van der Waals surface area contributed by atoms with E-state index in [4.69, 9.17) is 16.9 Å². The Hall–Kier alpha value is -3.69. The summed E-state index contributed by atoms with van der Waals surface area (Å²) in [6.07, 6.45) is 1.39. The van der Waals surface area contributed by atoms with Crippen LogP contribution in [0.15, 0.2) is 60.8 Å². The smallest absolute Gasteiger partial charge is 0.274 e. The van der Waals surface area contributed by atoms with Crippen molar-refractivity contribution in [2.24, 2.45) is 0 Å². The molecule has 0 spiro atoms. The second-order valence-corrected chi connectivity index (χ2v) is 6.40. The van der Waals surface area contributed by atoms with Gasteiger partial charge in [0.25, 0.3) is 11.8 Å². The highest BCUT2D eigenvalue weighted by Gasteiger charge is 2.13. The largest absolute Gasteiger partial charge is 0.322 e. The van der Waals surface area contributed by atoms with E-state index in [0.717, 1.165) is 5.56 Å². The van der Waals surface area contributed by atoms with E-state index in [1.807, 2.05) is 13.0 Å². The van der Waals surface area contributed by atoms with Crippen molar-refractivity contribution in [2.75, 3.05) is 10.6 Å². The fourth-order valence-electron chi connectivity index (χ4n) is 2.43. The van der Waals surface area contributed by atoms with Gasteiger partial charge in [0, 0.05) is 28.2 Å². The molecule has 0 aliphatic heterocycles. The van der Waals surface area contributed by atoms with Crippen molar-refractivity contribution >= 4 is 34.8 Å². The molecule has 0 unspecified atom stereocenters. The Kier molecular flexibility index (Phi) is 5.68. The number of aryl methyl sites for hydroxylation is 1. The van der Waals surface area contributed by atoms with Crippen molar-refractivity contribution in [3.63, 3.8) is 0 Å². The van der Waals surface area contributed by atoms with Gasteiger partial charge < -0.3 is 10.6 Å². The van der Waals surface area contributed by atoms with E-state index in [9.17, 15) is 9.59 Å². The molecule has 0 saturated carbocycles. The van der Waals surface area contributed by atoms with Crippen LogP contribution in [0, 0.1) is 18.3 Å². The van der Waals surface area contributed by atoms with Gasteiger partial charge in [-0.15, -0.1) is 0 Å². The Labute approximate surface area is 166 Å². The lowest BCUT2D eigenvalue weighted by molar-refractivity contribution is 0.102. The molecule has 7 heteroatoms. The summed E-state index contributed by atoms with van der Waals surface area (Å²) in [7, 11) is 0. The number of nitriles is 1. The Morgan fingerprint density at radius 3 is 2.50 bits per heavy atom. The van der Waals surface area contributed by atoms with Crippen molar-refractivity contribution in [1.29, 1.82) is 5.26 Å². The van der Waals surface area contributed by atoms with Gasteiger partial charge >= 0.3 is 0 Å². The fourth-order valence-corrected chi connectivity index (χ4v) is 2.61. The zero-order valence-electron chi connectivity index (χ0n) is 14.9. The van der Waals surface area contributed by atoms with E-state index in [1.54, 1.807) is 42.5 Å². The van der Waals surface area contributed by atoms with Crippen molar-refractivity contribution in [2.45, 2.75) is 6.92 Å². The van der Waals surface area contributed by atoms with Gasteiger partial charge in [-0.25, -0.2) is 0 Å². The van der Waals surface area contributed by atoms with Gasteiger partial charge in [0.2, 0.25) is 0 Å². The molecule has 138 valence electrons. The van der Waals surface area contributed by atoms with Crippen LogP contribution in [0.25, 0.3) is 0 Å². The number of hydrogen-bond donors (Lipinski definition) is 2. The van der Waals surface area contributed by atoms with Crippen LogP contribution in [-0.4, -0.2) is 16.8 Å². The molecule has 0 aliphatic rings. The number of nitrogens with one attached hydrogen (secondary N) is 2. The first-order valence-electron chi connectivity index (χ1n) is 8.31. The number of carbonyl (C=O) groups is 2. The summed E-state index contributed by atoms with van der Waals surface area (Å²) in [5.41, 5.74) is 2.72. The maximum Gasteiger partial charge on any atom is 0.274 e. The summed E-state index contributed by atoms with van der Waals surface area (Å²) >= 11 is 6.07. The minimum Gasteiger partial charge on any atom is -0.322 e. The number of rotatable bonds is 4. The van der Waals surface area contributed by atoms with Gasteiger partial charge in [-0.3, -0.25) is 14.6 Å². The highest BCUT2D eigenvalue weighted by molar-refractivity contribution is 6.31. The van der Waals surface area contributed by atoms with Crippen LogP contribution in [0.5, 0.6) is 0 Å². The SMILES string of the molecule is Cc1ccc(NC(=O)c2cc(C(=O)Nc3cccc(C#N)c3)ccn2)cc1Cl. The number of halogens is 1. The van der Waals surface area contributed by atoms with E-state index in [-0.39, 0.29) is 11.3 Å². The monoisotopic (exact) mass is 390 g/mol. The first-order valence-corrected chi connectivity index (χ1v) is 8.69. The Morgan fingerprint density at radius 2 is 1.75 bits per heavy atom. The number of benzene rings is 2. The second kappa shape index (κ2) is 8.33. The summed E-state index contributed by atoms with van der Waals surface area (Å²) in [5, 5.41) is 14.9. The van der Waals surface area contributed by atoms with E-state index < -0.39 is 11.8 Å². The third kappa shape index (κ3) is 4.53. The number of aromatic nitrogens is 1. The zero-order valence-corrected chi connectivity index (χ0v) is 15.6. The number of anilines is 2. The number of hydrogen-bond acceptors (Lipinski definition) is 4. The molecule has 3 aromatic rings. The van der Waals surface area contributed by atoms with Crippen molar-refractivity contribution in [3.8, 4) is 6.07 Å². The highest BCUT2D eigenvalue weighted by atomic mass is 35.5. The van der Waals surface area contributed by atoms with Gasteiger partial charge in [0.1, 0.15) is 5.69 Å². The van der Waals surface area contributed by atoms with Gasteiger partial charge in [-0.2, -0.15) is 5.26 Å². The number of nitrogens with zero attached hydrogens (tertiary/aromatic N) is 2. The summed E-state index contributed by atoms with van der Waals surface area (Å²) in [5.74, 6) is -0.869. The Balaban J connectivity index is 1.75. The molecule has 0 atom stereocenters. The van der Waals surface area contributed by atoms with Gasteiger partial charge in [0.05, 0.1) is 11.6 Å². The topological polar surface area (TPSA) is 94.9 Å². The molecule has 1 heterocycles. The summed E-state index contributed by atoms with van der Waals surface area (Å²) in [4.78, 5) is 28.9. The van der Waals surface area contributed by atoms with Crippen LogP contribution in [0.1, 0.15) is 32.0 Å². The highest BCUT2D eigenvalue weighted by Crippen LogP contribution is 2.20. The third-order valence-corrected chi connectivity index (χ3v) is 4.34. The maximum atomic E-state index is 12.5. The second-order valence-electron chi connectivity index (χ2n) is 5.99. The average Bonchev–Trinajstić information content (AvgIpc) is 2.71. The van der Waals surface area contributed by atoms with E-state index >= 15 is 0 Å². The maximum absolute atomic E-state index is 12.5. The molecule has 0 saturated heterocycles. The minimum absolute atomic E-state index is 0.0927. The summed E-state index contributed by atoms with van der Waals surface area (Å²) in [6, 6.07) is 16.6. The van der Waals surface area contributed by atoms with E-state index in [2.05, 4.69) is 15.6 Å². The van der Waals surface area contributed by atoms with Crippen LogP contribution >= 0.6 is 11.6 Å². The molecule has 6 nitrogen and oxygen atoms in total. The lowest BCUT2D eigenvalue weighted by Gasteiger charge is -2.08. The van der Waals surface area contributed by atoms with Gasteiger partial charge in [-0.05, 0) is 55.0 Å². The molecule has 2 aromatic carbocycles. The molecular weight excluding hydrogens is 376 g/mol. The third-order valence-electron chi connectivity index (χ3n) is 3.93. The molecule has 0 aliphatic carbocycles. The molecule has 0 bridgehead atoms. The normalized spacial score (nSPS) is 10.0. The van der Waals surface area contributed by atoms with Crippen LogP contribution in [-0.2, 0) is 0 Å². The molecule has 0 fully saturated rings. The lowest BCUT2D eigenvalue weighted by Crippen LogP contribution is -2.17. The molecular formula is C21H15ClN4O2. The van der Waals surface area contributed by atoms with E-state index in [1.165, 1.54) is 18.3 Å². The number of amides is 2. The van der Waals surface area contributed by atoms with Crippen LogP contribution < -0.4 is 10.6 Å². The number of carbonyl (C=O) groups excluding carboxylic acids is 2. The first-order chi connectivity index (χ1) is 13.5. The van der Waals surface area contributed by atoms with Crippen molar-refractivity contribution in [1.82, 2.24) is 4.98 Å². The Bertz CT molecular complexity index is 1110. The molecule has 2 amide bonds. The molecule has 1 aromatic heterocycles. The van der Waals surface area contributed by atoms with Crippen molar-refractivity contribution in [3.05, 3.63) is 88.2 Å².